The number of benzene rings is 1. The van der Waals surface area contributed by atoms with E-state index in [0.717, 1.165) is 44.5 Å². The summed E-state index contributed by atoms with van der Waals surface area (Å²) in [6.07, 6.45) is 3.36. The number of anilines is 2. The summed E-state index contributed by atoms with van der Waals surface area (Å²) in [6.45, 7) is 2.47. The minimum absolute atomic E-state index is 0.375. The molecule has 2 N–H and O–H groups in total. The molecule has 2 rings (SSSR count). The normalized spacial score (nSPS) is 19.6. The molecule has 0 saturated carbocycles. The molecule has 112 valence electrons. The quantitative estimate of drug-likeness (QED) is 0.875. The van der Waals surface area contributed by atoms with Crippen LogP contribution in [0.15, 0.2) is 18.2 Å². The van der Waals surface area contributed by atoms with Crippen molar-refractivity contribution >= 4 is 33.0 Å². The van der Waals surface area contributed by atoms with Crippen LogP contribution in [0.25, 0.3) is 0 Å². The Morgan fingerprint density at radius 3 is 2.85 bits per heavy atom. The molecule has 1 atom stereocenters. The number of hydrogen-bond acceptors (Lipinski definition) is 4. The Morgan fingerprint density at radius 2 is 2.25 bits per heavy atom. The van der Waals surface area contributed by atoms with E-state index in [1.807, 2.05) is 6.07 Å². The van der Waals surface area contributed by atoms with E-state index >= 15 is 0 Å². The van der Waals surface area contributed by atoms with E-state index in [-0.39, 0.29) is 0 Å². The minimum Gasteiger partial charge on any atom is -0.385 e. The first-order valence-corrected chi connectivity index (χ1v) is 8.80. The van der Waals surface area contributed by atoms with E-state index in [0.29, 0.717) is 16.6 Å². The monoisotopic (exact) mass is 318 g/mol. The highest BCUT2D eigenvalue weighted by atomic mass is 35.5. The van der Waals surface area contributed by atoms with Gasteiger partial charge in [-0.15, -0.1) is 0 Å². The lowest BCUT2D eigenvalue weighted by Gasteiger charge is -2.22. The third-order valence-electron chi connectivity index (χ3n) is 3.11. The van der Waals surface area contributed by atoms with Crippen molar-refractivity contribution in [1.82, 2.24) is 0 Å². The third-order valence-corrected chi connectivity index (χ3v) is 4.02. The molecule has 1 saturated heterocycles. The zero-order valence-corrected chi connectivity index (χ0v) is 12.9. The Hall–Kier alpha value is -0.980. The fourth-order valence-corrected chi connectivity index (χ4v) is 3.00. The van der Waals surface area contributed by atoms with Crippen LogP contribution in [-0.2, 0) is 14.8 Å². The maximum Gasteiger partial charge on any atom is 0.229 e. The second-order valence-electron chi connectivity index (χ2n) is 5.03. The number of sulfonamides is 1. The highest BCUT2D eigenvalue weighted by molar-refractivity contribution is 7.92. The molecule has 1 aliphatic heterocycles. The van der Waals surface area contributed by atoms with E-state index in [1.165, 1.54) is 0 Å². The lowest BCUT2D eigenvalue weighted by Crippen LogP contribution is -2.24. The Morgan fingerprint density at radius 1 is 1.45 bits per heavy atom. The summed E-state index contributed by atoms with van der Waals surface area (Å²) in [7, 11) is -3.31. The van der Waals surface area contributed by atoms with Crippen LogP contribution in [0.4, 0.5) is 11.4 Å². The summed E-state index contributed by atoms with van der Waals surface area (Å²) in [6, 6.07) is 5.19. The van der Waals surface area contributed by atoms with Gasteiger partial charge in [0.25, 0.3) is 0 Å². The van der Waals surface area contributed by atoms with Gasteiger partial charge in [-0.25, -0.2) is 8.42 Å². The van der Waals surface area contributed by atoms with Crippen LogP contribution < -0.4 is 10.0 Å². The molecule has 20 heavy (non-hydrogen) atoms. The zero-order valence-electron chi connectivity index (χ0n) is 11.4. The van der Waals surface area contributed by atoms with Gasteiger partial charge in [-0.1, -0.05) is 11.6 Å². The molecule has 1 aromatic rings. The SMILES string of the molecule is CS(=O)(=O)Nc1ccc(NCC2CCCOC2)cc1Cl. The summed E-state index contributed by atoms with van der Waals surface area (Å²) in [5.74, 6) is 0.511. The fraction of sp³-hybridized carbons (Fsp3) is 0.538. The standard InChI is InChI=1S/C13H19ClN2O3S/c1-20(17,18)16-13-5-4-11(7-12(13)14)15-8-10-3-2-6-19-9-10/h4-5,7,10,15-16H,2-3,6,8-9H2,1H3. The smallest absolute Gasteiger partial charge is 0.229 e. The van der Waals surface area contributed by atoms with E-state index in [1.54, 1.807) is 12.1 Å². The second-order valence-corrected chi connectivity index (χ2v) is 7.19. The van der Waals surface area contributed by atoms with Gasteiger partial charge in [0, 0.05) is 18.8 Å². The number of ether oxygens (including phenoxy) is 1. The fourth-order valence-electron chi connectivity index (χ4n) is 2.14. The number of rotatable bonds is 5. The Balaban J connectivity index is 1.94. The molecule has 1 fully saturated rings. The average molecular weight is 319 g/mol. The summed E-state index contributed by atoms with van der Waals surface area (Å²) >= 11 is 6.07. The van der Waals surface area contributed by atoms with Gasteiger partial charge in [-0.3, -0.25) is 4.72 Å². The van der Waals surface area contributed by atoms with Gasteiger partial charge in [0.05, 0.1) is 23.6 Å². The van der Waals surface area contributed by atoms with E-state index in [9.17, 15) is 8.42 Å². The number of hydrogen-bond donors (Lipinski definition) is 2. The third kappa shape index (κ3) is 4.85. The summed E-state index contributed by atoms with van der Waals surface area (Å²) in [5, 5.41) is 3.68. The van der Waals surface area contributed by atoms with E-state index in [2.05, 4.69) is 10.0 Å². The van der Waals surface area contributed by atoms with Crippen LogP contribution in [0, 0.1) is 5.92 Å². The van der Waals surface area contributed by atoms with Crippen LogP contribution in [0.2, 0.25) is 5.02 Å². The first kappa shape index (κ1) is 15.4. The highest BCUT2D eigenvalue weighted by Gasteiger charge is 2.13. The van der Waals surface area contributed by atoms with Crippen LogP contribution >= 0.6 is 11.6 Å². The average Bonchev–Trinajstić information content (AvgIpc) is 2.39. The first-order chi connectivity index (χ1) is 9.44. The molecule has 0 aromatic heterocycles. The van der Waals surface area contributed by atoms with Crippen molar-refractivity contribution in [3.05, 3.63) is 23.2 Å². The highest BCUT2D eigenvalue weighted by Crippen LogP contribution is 2.26. The molecule has 0 amide bonds. The van der Waals surface area contributed by atoms with Gasteiger partial charge >= 0.3 is 0 Å². The first-order valence-electron chi connectivity index (χ1n) is 6.53. The van der Waals surface area contributed by atoms with Gasteiger partial charge in [-0.2, -0.15) is 0 Å². The van der Waals surface area contributed by atoms with Crippen LogP contribution in [0.1, 0.15) is 12.8 Å². The summed E-state index contributed by atoms with van der Waals surface area (Å²) in [4.78, 5) is 0. The van der Waals surface area contributed by atoms with Gasteiger partial charge in [0.15, 0.2) is 0 Å². The lowest BCUT2D eigenvalue weighted by atomic mass is 10.0. The van der Waals surface area contributed by atoms with Crippen molar-refractivity contribution in [1.29, 1.82) is 0 Å². The molecule has 0 bridgehead atoms. The van der Waals surface area contributed by atoms with Crippen molar-refractivity contribution in [2.75, 3.05) is 36.1 Å². The van der Waals surface area contributed by atoms with Crippen molar-refractivity contribution < 1.29 is 13.2 Å². The van der Waals surface area contributed by atoms with Crippen LogP contribution in [-0.4, -0.2) is 34.4 Å². The van der Waals surface area contributed by atoms with Gasteiger partial charge in [0.2, 0.25) is 10.0 Å². The van der Waals surface area contributed by atoms with Crippen molar-refractivity contribution in [3.63, 3.8) is 0 Å². The molecular formula is C13H19ClN2O3S. The molecule has 1 aliphatic rings. The molecule has 1 heterocycles. The summed E-state index contributed by atoms with van der Waals surface area (Å²) in [5.41, 5.74) is 1.26. The molecule has 0 spiro atoms. The lowest BCUT2D eigenvalue weighted by molar-refractivity contribution is 0.0595. The Kier molecular flexibility index (Phi) is 5.12. The maximum atomic E-state index is 11.2. The predicted molar refractivity (Wildman–Crippen MR) is 82.0 cm³/mol. The van der Waals surface area contributed by atoms with Crippen LogP contribution in [0.5, 0.6) is 0 Å². The van der Waals surface area contributed by atoms with Crippen molar-refractivity contribution in [3.8, 4) is 0 Å². The molecule has 1 unspecified atom stereocenters. The Bertz CT molecular complexity index is 557. The minimum atomic E-state index is -3.31. The predicted octanol–water partition coefficient (Wildman–Crippen LogP) is 2.55. The number of halogens is 1. The van der Waals surface area contributed by atoms with Crippen molar-refractivity contribution in [2.45, 2.75) is 12.8 Å². The molecule has 5 nitrogen and oxygen atoms in total. The maximum absolute atomic E-state index is 11.2. The van der Waals surface area contributed by atoms with E-state index in [4.69, 9.17) is 16.3 Å². The molecule has 7 heteroatoms. The molecule has 0 aliphatic carbocycles. The van der Waals surface area contributed by atoms with E-state index < -0.39 is 10.0 Å². The largest absolute Gasteiger partial charge is 0.385 e. The van der Waals surface area contributed by atoms with Gasteiger partial charge < -0.3 is 10.1 Å². The zero-order chi connectivity index (χ0) is 14.6. The Labute approximate surface area is 124 Å². The van der Waals surface area contributed by atoms with Gasteiger partial charge in [-0.05, 0) is 37.0 Å². The van der Waals surface area contributed by atoms with Crippen LogP contribution in [0.3, 0.4) is 0 Å². The number of nitrogens with one attached hydrogen (secondary N) is 2. The second kappa shape index (κ2) is 6.65. The topological polar surface area (TPSA) is 67.4 Å². The molecular weight excluding hydrogens is 300 g/mol. The molecule has 1 aromatic carbocycles. The van der Waals surface area contributed by atoms with Crippen molar-refractivity contribution in [2.24, 2.45) is 5.92 Å². The van der Waals surface area contributed by atoms with Gasteiger partial charge in [0.1, 0.15) is 0 Å². The summed E-state index contributed by atoms with van der Waals surface area (Å²) < 4.78 is 30.1. The molecule has 0 radical (unpaired) electrons.